The maximum absolute atomic E-state index is 13.0. The molecule has 1 aromatic carbocycles. The number of halogens is 1. The van der Waals surface area contributed by atoms with Crippen LogP contribution in [0.3, 0.4) is 0 Å². The van der Waals surface area contributed by atoms with E-state index in [-0.39, 0.29) is 24.7 Å². The van der Waals surface area contributed by atoms with E-state index in [0.29, 0.717) is 5.56 Å². The van der Waals surface area contributed by atoms with Gasteiger partial charge in [-0.15, -0.1) is 0 Å². The van der Waals surface area contributed by atoms with Gasteiger partial charge >= 0.3 is 12.0 Å². The Morgan fingerprint density at radius 1 is 1.35 bits per heavy atom. The van der Waals surface area contributed by atoms with E-state index in [9.17, 15) is 14.0 Å². The number of amides is 2. The molecule has 0 heterocycles. The van der Waals surface area contributed by atoms with Gasteiger partial charge < -0.3 is 15.7 Å². The van der Waals surface area contributed by atoms with Crippen LogP contribution in [0.25, 0.3) is 0 Å². The number of hydrogen-bond donors (Lipinski definition) is 3. The number of carboxylic acids is 1. The molecule has 110 valence electrons. The second-order valence-corrected chi connectivity index (χ2v) is 4.91. The number of hydrogen-bond acceptors (Lipinski definition) is 2. The molecule has 0 aromatic heterocycles. The molecule has 0 aliphatic heterocycles. The predicted molar refractivity (Wildman–Crippen MR) is 72.7 cm³/mol. The van der Waals surface area contributed by atoms with Crippen LogP contribution >= 0.6 is 0 Å². The molecule has 1 atom stereocenters. The summed E-state index contributed by atoms with van der Waals surface area (Å²) >= 11 is 0. The quantitative estimate of drug-likeness (QED) is 0.748. The molecule has 0 saturated heterocycles. The summed E-state index contributed by atoms with van der Waals surface area (Å²) in [5.41, 5.74) is 0.638. The molecule has 1 unspecified atom stereocenters. The third kappa shape index (κ3) is 5.69. The van der Waals surface area contributed by atoms with Crippen molar-refractivity contribution in [2.24, 2.45) is 5.92 Å². The van der Waals surface area contributed by atoms with Crippen LogP contribution in [-0.2, 0) is 11.3 Å². The SMILES string of the molecule is CC(C)C(CC(=O)O)NC(=O)NCc1cccc(F)c1. The topological polar surface area (TPSA) is 78.4 Å². The predicted octanol–water partition coefficient (Wildman–Crippen LogP) is 2.12. The highest BCUT2D eigenvalue weighted by Gasteiger charge is 2.19. The Morgan fingerprint density at radius 2 is 2.05 bits per heavy atom. The fraction of sp³-hybridized carbons (Fsp3) is 0.429. The van der Waals surface area contributed by atoms with Crippen molar-refractivity contribution in [3.05, 3.63) is 35.6 Å². The third-order valence-corrected chi connectivity index (χ3v) is 2.86. The molecule has 0 aliphatic carbocycles. The standard InChI is InChI=1S/C14H19FN2O3/c1-9(2)12(7-13(18)19)17-14(20)16-8-10-4-3-5-11(15)6-10/h3-6,9,12H,7-8H2,1-2H3,(H,18,19)(H2,16,17,20). The lowest BCUT2D eigenvalue weighted by Crippen LogP contribution is -2.45. The lowest BCUT2D eigenvalue weighted by molar-refractivity contribution is -0.137. The molecule has 1 aromatic rings. The molecule has 5 nitrogen and oxygen atoms in total. The van der Waals surface area contributed by atoms with Crippen LogP contribution in [0, 0.1) is 11.7 Å². The summed E-state index contributed by atoms with van der Waals surface area (Å²) in [7, 11) is 0. The van der Waals surface area contributed by atoms with Crippen molar-refractivity contribution in [3.63, 3.8) is 0 Å². The Hall–Kier alpha value is -2.11. The minimum atomic E-state index is -0.964. The average Bonchev–Trinajstić information content (AvgIpc) is 2.35. The van der Waals surface area contributed by atoms with E-state index < -0.39 is 18.0 Å². The van der Waals surface area contributed by atoms with Gasteiger partial charge in [-0.25, -0.2) is 9.18 Å². The van der Waals surface area contributed by atoms with Crippen LogP contribution in [0.1, 0.15) is 25.8 Å². The monoisotopic (exact) mass is 282 g/mol. The molecule has 0 spiro atoms. The van der Waals surface area contributed by atoms with Gasteiger partial charge in [0.1, 0.15) is 5.82 Å². The van der Waals surface area contributed by atoms with Crippen LogP contribution in [0.15, 0.2) is 24.3 Å². The van der Waals surface area contributed by atoms with Crippen molar-refractivity contribution in [2.75, 3.05) is 0 Å². The van der Waals surface area contributed by atoms with Gasteiger partial charge in [0.2, 0.25) is 0 Å². The normalized spacial score (nSPS) is 12.0. The molecule has 6 heteroatoms. The summed E-state index contributed by atoms with van der Waals surface area (Å²) in [4.78, 5) is 22.4. The largest absolute Gasteiger partial charge is 0.481 e. The molecule has 0 fully saturated rings. The number of aliphatic carboxylic acids is 1. The zero-order valence-electron chi connectivity index (χ0n) is 11.5. The van der Waals surface area contributed by atoms with Crippen molar-refractivity contribution in [2.45, 2.75) is 32.9 Å². The van der Waals surface area contributed by atoms with Crippen LogP contribution in [0.5, 0.6) is 0 Å². The smallest absolute Gasteiger partial charge is 0.315 e. The van der Waals surface area contributed by atoms with E-state index in [1.165, 1.54) is 12.1 Å². The molecular formula is C14H19FN2O3. The minimum absolute atomic E-state index is 0.00557. The highest BCUT2D eigenvalue weighted by Crippen LogP contribution is 2.06. The van der Waals surface area contributed by atoms with Gasteiger partial charge in [0.05, 0.1) is 6.42 Å². The fourth-order valence-corrected chi connectivity index (χ4v) is 1.69. The molecular weight excluding hydrogens is 263 g/mol. The van der Waals surface area contributed by atoms with Crippen molar-refractivity contribution in [1.82, 2.24) is 10.6 Å². The first kappa shape index (κ1) is 15.9. The van der Waals surface area contributed by atoms with Crippen molar-refractivity contribution < 1.29 is 19.1 Å². The number of rotatable bonds is 6. The Balaban J connectivity index is 2.47. The maximum Gasteiger partial charge on any atom is 0.315 e. The van der Waals surface area contributed by atoms with Crippen molar-refractivity contribution >= 4 is 12.0 Å². The number of carboxylic acid groups (broad SMARTS) is 1. The van der Waals surface area contributed by atoms with E-state index in [4.69, 9.17) is 5.11 Å². The molecule has 2 amide bonds. The lowest BCUT2D eigenvalue weighted by atomic mass is 10.0. The van der Waals surface area contributed by atoms with E-state index in [1.54, 1.807) is 12.1 Å². The summed E-state index contributed by atoms with van der Waals surface area (Å²) in [5, 5.41) is 14.0. The number of nitrogens with one attached hydrogen (secondary N) is 2. The Labute approximate surface area is 117 Å². The van der Waals surface area contributed by atoms with Crippen molar-refractivity contribution in [3.8, 4) is 0 Å². The summed E-state index contributed by atoms with van der Waals surface area (Å²) in [5.74, 6) is -1.32. The zero-order chi connectivity index (χ0) is 15.1. The first-order valence-corrected chi connectivity index (χ1v) is 6.39. The Morgan fingerprint density at radius 3 is 2.60 bits per heavy atom. The van der Waals surface area contributed by atoms with Crippen molar-refractivity contribution in [1.29, 1.82) is 0 Å². The summed E-state index contributed by atoms with van der Waals surface area (Å²) in [6.07, 6.45) is -0.134. The highest BCUT2D eigenvalue weighted by molar-refractivity contribution is 5.75. The number of benzene rings is 1. The van der Waals surface area contributed by atoms with E-state index in [2.05, 4.69) is 10.6 Å². The van der Waals surface area contributed by atoms with Gasteiger partial charge in [-0.3, -0.25) is 4.79 Å². The molecule has 0 saturated carbocycles. The van der Waals surface area contributed by atoms with Crippen LogP contribution in [-0.4, -0.2) is 23.1 Å². The molecule has 3 N–H and O–H groups in total. The average molecular weight is 282 g/mol. The second-order valence-electron chi connectivity index (χ2n) is 4.91. The van der Waals surface area contributed by atoms with Gasteiger partial charge in [0, 0.05) is 12.6 Å². The van der Waals surface area contributed by atoms with E-state index >= 15 is 0 Å². The summed E-state index contributed by atoms with van der Waals surface area (Å²) in [6.45, 7) is 3.85. The van der Waals surface area contributed by atoms with Crippen LogP contribution < -0.4 is 10.6 Å². The third-order valence-electron chi connectivity index (χ3n) is 2.86. The number of carbonyl (C=O) groups is 2. The zero-order valence-corrected chi connectivity index (χ0v) is 11.5. The first-order valence-electron chi connectivity index (χ1n) is 6.39. The van der Waals surface area contributed by atoms with Gasteiger partial charge in [-0.05, 0) is 23.6 Å². The fourth-order valence-electron chi connectivity index (χ4n) is 1.69. The van der Waals surface area contributed by atoms with Gasteiger partial charge in [0.25, 0.3) is 0 Å². The van der Waals surface area contributed by atoms with Crippen LogP contribution in [0.4, 0.5) is 9.18 Å². The lowest BCUT2D eigenvalue weighted by Gasteiger charge is -2.20. The molecule has 20 heavy (non-hydrogen) atoms. The minimum Gasteiger partial charge on any atom is -0.481 e. The van der Waals surface area contributed by atoms with Gasteiger partial charge in [0.15, 0.2) is 0 Å². The summed E-state index contributed by atoms with van der Waals surface area (Å²) < 4.78 is 13.0. The van der Waals surface area contributed by atoms with E-state index in [0.717, 1.165) is 0 Å². The summed E-state index contributed by atoms with van der Waals surface area (Å²) in [6, 6.07) is 5.00. The van der Waals surface area contributed by atoms with Gasteiger partial charge in [-0.2, -0.15) is 0 Å². The van der Waals surface area contributed by atoms with Crippen LogP contribution in [0.2, 0.25) is 0 Å². The molecule has 0 bridgehead atoms. The Bertz CT molecular complexity index is 477. The number of carbonyl (C=O) groups excluding carboxylic acids is 1. The maximum atomic E-state index is 13.0. The molecule has 0 aliphatic rings. The Kier molecular flexibility index (Phi) is 5.96. The highest BCUT2D eigenvalue weighted by atomic mass is 19.1. The van der Waals surface area contributed by atoms with E-state index in [1.807, 2.05) is 13.8 Å². The second kappa shape index (κ2) is 7.47. The van der Waals surface area contributed by atoms with Gasteiger partial charge in [-0.1, -0.05) is 26.0 Å². The number of urea groups is 1. The first-order chi connectivity index (χ1) is 9.38. The molecule has 0 radical (unpaired) electrons. The molecule has 1 rings (SSSR count).